The molecule has 0 aromatic heterocycles. The summed E-state index contributed by atoms with van der Waals surface area (Å²) in [5, 5.41) is 3.27. The second-order valence-electron chi connectivity index (χ2n) is 4.57. The molecular formula is C13H20N2O2. The van der Waals surface area contributed by atoms with E-state index in [4.69, 9.17) is 4.74 Å². The van der Waals surface area contributed by atoms with Crippen LogP contribution in [0.2, 0.25) is 0 Å². The van der Waals surface area contributed by atoms with Gasteiger partial charge in [-0.05, 0) is 12.8 Å². The SMILES string of the molecule is CCC#CC1C[C@@H](OC(=O)N2CCCC2)CN1. The van der Waals surface area contributed by atoms with Crippen LogP contribution in [0.25, 0.3) is 0 Å². The van der Waals surface area contributed by atoms with E-state index in [0.717, 1.165) is 45.3 Å². The largest absolute Gasteiger partial charge is 0.445 e. The third-order valence-electron chi connectivity index (χ3n) is 3.18. The van der Waals surface area contributed by atoms with Crippen LogP contribution < -0.4 is 5.32 Å². The number of nitrogens with zero attached hydrogens (tertiary/aromatic N) is 1. The van der Waals surface area contributed by atoms with Crippen LogP contribution in [-0.2, 0) is 4.74 Å². The van der Waals surface area contributed by atoms with E-state index >= 15 is 0 Å². The van der Waals surface area contributed by atoms with Gasteiger partial charge in [0.1, 0.15) is 6.10 Å². The van der Waals surface area contributed by atoms with E-state index in [-0.39, 0.29) is 18.2 Å². The van der Waals surface area contributed by atoms with Gasteiger partial charge in [0.25, 0.3) is 0 Å². The maximum Gasteiger partial charge on any atom is 0.410 e. The first kappa shape index (κ1) is 12.3. The number of amides is 1. The minimum Gasteiger partial charge on any atom is -0.445 e. The Morgan fingerprint density at radius 2 is 2.24 bits per heavy atom. The Balaban J connectivity index is 1.75. The van der Waals surface area contributed by atoms with E-state index in [0.29, 0.717) is 0 Å². The van der Waals surface area contributed by atoms with Crippen LogP contribution in [0.4, 0.5) is 4.79 Å². The van der Waals surface area contributed by atoms with Crippen molar-refractivity contribution in [2.24, 2.45) is 0 Å². The number of likely N-dealkylation sites (tertiary alicyclic amines) is 1. The minimum atomic E-state index is -0.154. The molecule has 4 heteroatoms. The van der Waals surface area contributed by atoms with Crippen LogP contribution in [0.15, 0.2) is 0 Å². The second-order valence-corrected chi connectivity index (χ2v) is 4.57. The fourth-order valence-corrected chi connectivity index (χ4v) is 2.25. The highest BCUT2D eigenvalue weighted by atomic mass is 16.6. The third-order valence-corrected chi connectivity index (χ3v) is 3.18. The summed E-state index contributed by atoms with van der Waals surface area (Å²) in [4.78, 5) is 13.6. The van der Waals surface area contributed by atoms with E-state index in [1.165, 1.54) is 0 Å². The van der Waals surface area contributed by atoms with Gasteiger partial charge < -0.3 is 9.64 Å². The average molecular weight is 236 g/mol. The number of hydrogen-bond donors (Lipinski definition) is 1. The highest BCUT2D eigenvalue weighted by Gasteiger charge is 2.28. The molecule has 0 aromatic carbocycles. The molecule has 2 rings (SSSR count). The predicted octanol–water partition coefficient (Wildman–Crippen LogP) is 1.36. The summed E-state index contributed by atoms with van der Waals surface area (Å²) in [5.74, 6) is 6.19. The summed E-state index contributed by atoms with van der Waals surface area (Å²) in [6.45, 7) is 4.45. The van der Waals surface area contributed by atoms with Gasteiger partial charge >= 0.3 is 6.09 Å². The van der Waals surface area contributed by atoms with Crippen molar-refractivity contribution in [3.8, 4) is 11.8 Å². The van der Waals surface area contributed by atoms with E-state index in [9.17, 15) is 4.79 Å². The van der Waals surface area contributed by atoms with Crippen molar-refractivity contribution in [1.29, 1.82) is 0 Å². The third kappa shape index (κ3) is 3.37. The molecule has 1 N–H and O–H groups in total. The zero-order valence-corrected chi connectivity index (χ0v) is 10.4. The molecule has 0 saturated carbocycles. The van der Waals surface area contributed by atoms with Gasteiger partial charge in [-0.25, -0.2) is 4.79 Å². The van der Waals surface area contributed by atoms with Crippen LogP contribution in [0.3, 0.4) is 0 Å². The normalized spacial score (nSPS) is 27.7. The van der Waals surface area contributed by atoms with Crippen molar-refractivity contribution in [3.05, 3.63) is 0 Å². The van der Waals surface area contributed by atoms with Gasteiger partial charge in [-0.1, -0.05) is 12.8 Å². The molecule has 0 aliphatic carbocycles. The van der Waals surface area contributed by atoms with Gasteiger partial charge in [-0.15, -0.1) is 5.92 Å². The highest BCUT2D eigenvalue weighted by Crippen LogP contribution is 2.14. The molecule has 0 radical (unpaired) electrons. The van der Waals surface area contributed by atoms with E-state index in [1.54, 1.807) is 4.90 Å². The lowest BCUT2D eigenvalue weighted by atomic mass is 10.2. The standard InChI is InChI=1S/C13H20N2O2/c1-2-3-6-11-9-12(10-14-11)17-13(16)15-7-4-5-8-15/h11-12,14H,2,4-5,7-10H2,1H3/t11?,12-/m1/s1. The van der Waals surface area contributed by atoms with Crippen LogP contribution in [0, 0.1) is 11.8 Å². The smallest absolute Gasteiger partial charge is 0.410 e. The van der Waals surface area contributed by atoms with Crippen molar-refractivity contribution in [2.75, 3.05) is 19.6 Å². The Labute approximate surface area is 103 Å². The fourth-order valence-electron chi connectivity index (χ4n) is 2.25. The average Bonchev–Trinajstić information content (AvgIpc) is 2.97. The van der Waals surface area contributed by atoms with Crippen LogP contribution in [0.1, 0.15) is 32.6 Å². The number of hydrogen-bond acceptors (Lipinski definition) is 3. The van der Waals surface area contributed by atoms with Gasteiger partial charge in [0.15, 0.2) is 0 Å². The molecule has 17 heavy (non-hydrogen) atoms. The van der Waals surface area contributed by atoms with Gasteiger partial charge in [-0.3, -0.25) is 5.32 Å². The molecule has 2 aliphatic heterocycles. The van der Waals surface area contributed by atoms with Gasteiger partial charge in [0.05, 0.1) is 6.04 Å². The first-order valence-electron chi connectivity index (χ1n) is 6.47. The summed E-state index contributed by atoms with van der Waals surface area (Å²) in [6.07, 6.45) is 3.71. The molecule has 2 saturated heterocycles. The molecule has 0 aromatic rings. The first-order valence-corrected chi connectivity index (χ1v) is 6.47. The molecule has 2 atom stereocenters. The molecule has 2 heterocycles. The van der Waals surface area contributed by atoms with Crippen molar-refractivity contribution in [2.45, 2.75) is 44.8 Å². The summed E-state index contributed by atoms with van der Waals surface area (Å²) >= 11 is 0. The molecule has 1 amide bonds. The molecule has 94 valence electrons. The first-order chi connectivity index (χ1) is 8.29. The minimum absolute atomic E-state index is 0.0146. The fraction of sp³-hybridized carbons (Fsp3) is 0.769. The quantitative estimate of drug-likeness (QED) is 0.699. The molecule has 4 nitrogen and oxygen atoms in total. The van der Waals surface area contributed by atoms with Gasteiger partial charge in [-0.2, -0.15) is 0 Å². The number of carbonyl (C=O) groups excluding carboxylic acids is 1. The Hall–Kier alpha value is -1.21. The van der Waals surface area contributed by atoms with Crippen molar-refractivity contribution < 1.29 is 9.53 Å². The Bertz CT molecular complexity index is 326. The summed E-state index contributed by atoms with van der Waals surface area (Å²) in [7, 11) is 0. The molecule has 0 bridgehead atoms. The maximum atomic E-state index is 11.8. The highest BCUT2D eigenvalue weighted by molar-refractivity contribution is 5.68. The lowest BCUT2D eigenvalue weighted by molar-refractivity contribution is 0.0763. The van der Waals surface area contributed by atoms with Crippen LogP contribution >= 0.6 is 0 Å². The molecule has 0 spiro atoms. The van der Waals surface area contributed by atoms with Crippen molar-refractivity contribution >= 4 is 6.09 Å². The van der Waals surface area contributed by atoms with Crippen molar-refractivity contribution in [3.63, 3.8) is 0 Å². The van der Waals surface area contributed by atoms with E-state index < -0.39 is 0 Å². The maximum absolute atomic E-state index is 11.8. The predicted molar refractivity (Wildman–Crippen MR) is 65.6 cm³/mol. The number of carbonyl (C=O) groups is 1. The lowest BCUT2D eigenvalue weighted by Gasteiger charge is -2.18. The van der Waals surface area contributed by atoms with E-state index in [1.807, 2.05) is 6.92 Å². The second kappa shape index (κ2) is 5.92. The molecule has 2 fully saturated rings. The van der Waals surface area contributed by atoms with Gasteiger partial charge in [0, 0.05) is 32.5 Å². The summed E-state index contributed by atoms with van der Waals surface area (Å²) < 4.78 is 5.46. The summed E-state index contributed by atoms with van der Waals surface area (Å²) in [6, 6.07) is 0.186. The monoisotopic (exact) mass is 236 g/mol. The Morgan fingerprint density at radius 3 is 2.94 bits per heavy atom. The molecule has 1 unspecified atom stereocenters. The summed E-state index contributed by atoms with van der Waals surface area (Å²) in [5.41, 5.74) is 0. The topological polar surface area (TPSA) is 41.6 Å². The lowest BCUT2D eigenvalue weighted by Crippen LogP contribution is -2.32. The number of rotatable bonds is 1. The zero-order chi connectivity index (χ0) is 12.1. The van der Waals surface area contributed by atoms with Crippen LogP contribution in [-0.4, -0.2) is 42.8 Å². The zero-order valence-electron chi connectivity index (χ0n) is 10.4. The van der Waals surface area contributed by atoms with E-state index in [2.05, 4.69) is 17.2 Å². The molecular weight excluding hydrogens is 216 g/mol. The van der Waals surface area contributed by atoms with Gasteiger partial charge in [0.2, 0.25) is 0 Å². The van der Waals surface area contributed by atoms with Crippen molar-refractivity contribution in [1.82, 2.24) is 10.2 Å². The number of ether oxygens (including phenoxy) is 1. The molecule has 2 aliphatic rings. The van der Waals surface area contributed by atoms with Crippen LogP contribution in [0.5, 0.6) is 0 Å². The number of nitrogens with one attached hydrogen (secondary N) is 1. The Morgan fingerprint density at radius 1 is 1.47 bits per heavy atom. The Kier molecular flexibility index (Phi) is 4.27.